The molecule has 6 nitrogen and oxygen atoms in total. The molecule has 3 rings (SSSR count). The van der Waals surface area contributed by atoms with Gasteiger partial charge in [0.15, 0.2) is 0 Å². The number of aromatic nitrogens is 1. The van der Waals surface area contributed by atoms with Gasteiger partial charge in [0.05, 0.1) is 11.1 Å². The number of hydrogen-bond donors (Lipinski definition) is 0. The van der Waals surface area contributed by atoms with Crippen molar-refractivity contribution in [1.29, 1.82) is 5.26 Å². The molecule has 1 aromatic heterocycles. The molecule has 1 aliphatic rings. The zero-order chi connectivity index (χ0) is 19.8. The highest BCUT2D eigenvalue weighted by Crippen LogP contribution is 2.32. The van der Waals surface area contributed by atoms with Crippen molar-refractivity contribution in [2.75, 3.05) is 18.0 Å². The lowest BCUT2D eigenvalue weighted by Gasteiger charge is -2.45. The Labute approximate surface area is 160 Å². The number of carbonyl (C=O) groups excluding carboxylic acids is 1. The third-order valence-corrected chi connectivity index (χ3v) is 4.79. The number of nitrogens with zero attached hydrogens (tertiary/aromatic N) is 4. The monoisotopic (exact) mass is 366 g/mol. The Bertz CT molecular complexity index is 897. The predicted molar refractivity (Wildman–Crippen MR) is 106 cm³/mol. The number of benzene rings is 1. The van der Waals surface area contributed by atoms with Crippen LogP contribution in [0.25, 0.3) is 10.9 Å². The molecule has 1 unspecified atom stereocenters. The number of hydrogen-bond acceptors (Lipinski definition) is 5. The molecule has 0 radical (unpaired) electrons. The predicted octanol–water partition coefficient (Wildman–Crippen LogP) is 3.94. The van der Waals surface area contributed by atoms with Crippen LogP contribution < -0.4 is 4.90 Å². The maximum atomic E-state index is 12.5. The van der Waals surface area contributed by atoms with Crippen LogP contribution in [0.1, 0.15) is 40.2 Å². The van der Waals surface area contributed by atoms with E-state index in [0.717, 1.165) is 11.1 Å². The Kier molecular flexibility index (Phi) is 4.97. The molecule has 2 aromatic rings. The SMILES string of the molecule is CC1CN(C(=O)OC(C)(C)C)[C@@H](C)CN1c1ccc(C#N)c2ncccc12. The number of rotatable bonds is 1. The second kappa shape index (κ2) is 7.07. The highest BCUT2D eigenvalue weighted by Gasteiger charge is 2.35. The molecule has 1 saturated heterocycles. The summed E-state index contributed by atoms with van der Waals surface area (Å²) in [4.78, 5) is 21.0. The van der Waals surface area contributed by atoms with Crippen molar-refractivity contribution >= 4 is 22.7 Å². The van der Waals surface area contributed by atoms with Gasteiger partial charge in [-0.2, -0.15) is 5.26 Å². The number of nitriles is 1. The summed E-state index contributed by atoms with van der Waals surface area (Å²) in [6.07, 6.45) is 1.44. The second-order valence-electron chi connectivity index (χ2n) is 8.13. The summed E-state index contributed by atoms with van der Waals surface area (Å²) >= 11 is 0. The average molecular weight is 366 g/mol. The van der Waals surface area contributed by atoms with E-state index in [1.165, 1.54) is 0 Å². The van der Waals surface area contributed by atoms with Gasteiger partial charge < -0.3 is 14.5 Å². The standard InChI is InChI=1S/C21H26N4O2/c1-14-13-25(20(26)27-21(3,4)5)15(2)12-24(14)18-9-8-16(11-22)19-17(18)7-6-10-23-19/h6-10,14-15H,12-13H2,1-5H3/t14?,15-/m0/s1. The van der Waals surface area contributed by atoms with E-state index in [2.05, 4.69) is 22.9 Å². The fraction of sp³-hybridized carbons (Fsp3) is 0.476. The lowest BCUT2D eigenvalue weighted by atomic mass is 10.0. The summed E-state index contributed by atoms with van der Waals surface area (Å²) in [7, 11) is 0. The number of carbonyl (C=O) groups is 1. The van der Waals surface area contributed by atoms with Crippen LogP contribution in [0.2, 0.25) is 0 Å². The molecule has 1 fully saturated rings. The van der Waals surface area contributed by atoms with Crippen molar-refractivity contribution in [3.63, 3.8) is 0 Å². The largest absolute Gasteiger partial charge is 0.444 e. The Hall–Kier alpha value is -2.81. The first kappa shape index (κ1) is 19.0. The van der Waals surface area contributed by atoms with Crippen molar-refractivity contribution in [3.8, 4) is 6.07 Å². The Morgan fingerprint density at radius 2 is 1.96 bits per heavy atom. The van der Waals surface area contributed by atoms with Gasteiger partial charge in [0, 0.05) is 42.4 Å². The fourth-order valence-electron chi connectivity index (χ4n) is 3.54. The van der Waals surface area contributed by atoms with Crippen molar-refractivity contribution in [1.82, 2.24) is 9.88 Å². The number of amides is 1. The third kappa shape index (κ3) is 3.82. The molecule has 1 amide bonds. The average Bonchev–Trinajstić information content (AvgIpc) is 2.61. The Morgan fingerprint density at radius 1 is 1.22 bits per heavy atom. The van der Waals surface area contributed by atoms with Gasteiger partial charge in [-0.1, -0.05) is 0 Å². The molecule has 0 N–H and O–H groups in total. The minimum atomic E-state index is -0.508. The van der Waals surface area contributed by atoms with Crippen molar-refractivity contribution < 1.29 is 9.53 Å². The van der Waals surface area contributed by atoms with Gasteiger partial charge in [0.25, 0.3) is 0 Å². The van der Waals surface area contributed by atoms with Crippen LogP contribution >= 0.6 is 0 Å². The molecular weight excluding hydrogens is 340 g/mol. The number of fused-ring (bicyclic) bond motifs is 1. The first-order valence-electron chi connectivity index (χ1n) is 9.25. The van der Waals surface area contributed by atoms with Gasteiger partial charge in [-0.05, 0) is 58.9 Å². The molecule has 2 atom stereocenters. The second-order valence-corrected chi connectivity index (χ2v) is 8.13. The summed E-state index contributed by atoms with van der Waals surface area (Å²) < 4.78 is 5.56. The van der Waals surface area contributed by atoms with E-state index in [1.54, 1.807) is 11.1 Å². The summed E-state index contributed by atoms with van der Waals surface area (Å²) in [5.41, 5.74) is 1.82. The van der Waals surface area contributed by atoms with Crippen LogP contribution in [0.5, 0.6) is 0 Å². The first-order valence-corrected chi connectivity index (χ1v) is 9.25. The topological polar surface area (TPSA) is 69.5 Å². The molecule has 6 heteroatoms. The van der Waals surface area contributed by atoms with Crippen molar-refractivity contribution in [2.24, 2.45) is 0 Å². The zero-order valence-electron chi connectivity index (χ0n) is 16.6. The third-order valence-electron chi connectivity index (χ3n) is 4.79. The fourth-order valence-corrected chi connectivity index (χ4v) is 3.54. The normalized spacial score (nSPS) is 20.4. The minimum absolute atomic E-state index is 0.0124. The van der Waals surface area contributed by atoms with Crippen molar-refractivity contribution in [2.45, 2.75) is 52.3 Å². The van der Waals surface area contributed by atoms with Gasteiger partial charge in [-0.15, -0.1) is 0 Å². The lowest BCUT2D eigenvalue weighted by molar-refractivity contribution is 0.0130. The van der Waals surface area contributed by atoms with E-state index >= 15 is 0 Å². The summed E-state index contributed by atoms with van der Waals surface area (Å²) in [6.45, 7) is 11.0. The molecule has 0 spiro atoms. The number of ether oxygens (including phenoxy) is 1. The molecule has 142 valence electrons. The summed E-state index contributed by atoms with van der Waals surface area (Å²) in [6, 6.07) is 10.0. The smallest absolute Gasteiger partial charge is 0.410 e. The van der Waals surface area contributed by atoms with E-state index in [1.807, 2.05) is 52.0 Å². The Balaban J connectivity index is 1.90. The first-order chi connectivity index (χ1) is 12.7. The van der Waals surface area contributed by atoms with Gasteiger partial charge in [0.1, 0.15) is 11.7 Å². The van der Waals surface area contributed by atoms with E-state index in [4.69, 9.17) is 4.74 Å². The molecular formula is C21H26N4O2. The van der Waals surface area contributed by atoms with Crippen LogP contribution in [0.3, 0.4) is 0 Å². The highest BCUT2D eigenvalue weighted by atomic mass is 16.6. The molecule has 27 heavy (non-hydrogen) atoms. The molecule has 0 aliphatic carbocycles. The molecule has 1 aliphatic heterocycles. The van der Waals surface area contributed by atoms with Crippen LogP contribution in [0.15, 0.2) is 30.5 Å². The van der Waals surface area contributed by atoms with E-state index in [-0.39, 0.29) is 18.2 Å². The summed E-state index contributed by atoms with van der Waals surface area (Å²) in [5.74, 6) is 0. The molecule has 1 aromatic carbocycles. The van der Waals surface area contributed by atoms with E-state index in [9.17, 15) is 10.1 Å². The van der Waals surface area contributed by atoms with Gasteiger partial charge in [-0.25, -0.2) is 4.79 Å². The van der Waals surface area contributed by atoms with E-state index in [0.29, 0.717) is 24.2 Å². The molecule has 2 heterocycles. The van der Waals surface area contributed by atoms with Gasteiger partial charge >= 0.3 is 6.09 Å². The van der Waals surface area contributed by atoms with Crippen LogP contribution in [-0.4, -0.2) is 46.8 Å². The van der Waals surface area contributed by atoms with Crippen LogP contribution in [0, 0.1) is 11.3 Å². The molecule has 0 bridgehead atoms. The maximum Gasteiger partial charge on any atom is 0.410 e. The van der Waals surface area contributed by atoms with E-state index < -0.39 is 5.60 Å². The quantitative estimate of drug-likeness (QED) is 0.764. The number of pyridine rings is 1. The zero-order valence-corrected chi connectivity index (χ0v) is 16.6. The van der Waals surface area contributed by atoms with Gasteiger partial charge in [0.2, 0.25) is 0 Å². The van der Waals surface area contributed by atoms with Crippen LogP contribution in [-0.2, 0) is 4.74 Å². The van der Waals surface area contributed by atoms with Crippen LogP contribution in [0.4, 0.5) is 10.5 Å². The van der Waals surface area contributed by atoms with Gasteiger partial charge in [-0.3, -0.25) is 4.98 Å². The lowest BCUT2D eigenvalue weighted by Crippen LogP contribution is -2.59. The highest BCUT2D eigenvalue weighted by molar-refractivity contribution is 5.95. The number of anilines is 1. The Morgan fingerprint density at radius 3 is 2.63 bits per heavy atom. The summed E-state index contributed by atoms with van der Waals surface area (Å²) in [5, 5.41) is 10.3. The maximum absolute atomic E-state index is 12.5. The van der Waals surface area contributed by atoms with Crippen molar-refractivity contribution in [3.05, 3.63) is 36.0 Å². The number of piperazine rings is 1. The molecule has 0 saturated carbocycles. The minimum Gasteiger partial charge on any atom is -0.444 e.